The Morgan fingerprint density at radius 3 is 2.37 bits per heavy atom. The van der Waals surface area contributed by atoms with Crippen molar-refractivity contribution in [3.63, 3.8) is 0 Å². The normalized spacial score (nSPS) is 14.5. The third kappa shape index (κ3) is 3.76. The number of nitrogens with zero attached hydrogens (tertiary/aromatic N) is 1. The lowest BCUT2D eigenvalue weighted by molar-refractivity contribution is -0.137. The summed E-state index contributed by atoms with van der Waals surface area (Å²) >= 11 is 1.33. The Hall–Kier alpha value is -2.60. The molecule has 6 heteroatoms. The number of methoxy groups -OCH3 is 1. The Balaban J connectivity index is 2.05. The van der Waals surface area contributed by atoms with E-state index in [1.54, 1.807) is 42.5 Å². The molecule has 0 radical (unpaired) electrons. The van der Waals surface area contributed by atoms with E-state index in [9.17, 15) is 14.0 Å². The summed E-state index contributed by atoms with van der Waals surface area (Å²) in [7, 11) is 1.52. The van der Waals surface area contributed by atoms with Gasteiger partial charge >= 0.3 is 0 Å². The van der Waals surface area contributed by atoms with E-state index in [1.807, 2.05) is 13.8 Å². The monoisotopic (exact) mass is 385 g/mol. The molecule has 0 saturated carbocycles. The van der Waals surface area contributed by atoms with Gasteiger partial charge in [-0.1, -0.05) is 50.2 Å². The fourth-order valence-corrected chi connectivity index (χ4v) is 3.93. The standard InChI is InChI=1S/C21H20FNO3S/c1-13(2)27-19-18(15-9-5-7-11-17(15)26-3)20(24)23(21(19)25)12-14-8-4-6-10-16(14)22/h4-11,13H,12H2,1-3H3. The molecular weight excluding hydrogens is 365 g/mol. The SMILES string of the molecule is COc1ccccc1C1=C(SC(C)C)C(=O)N(Cc2ccccc2F)C1=O. The van der Waals surface area contributed by atoms with Crippen LogP contribution in [0.4, 0.5) is 4.39 Å². The molecule has 0 N–H and O–H groups in total. The molecule has 1 aliphatic rings. The highest BCUT2D eigenvalue weighted by molar-refractivity contribution is 8.04. The molecule has 1 heterocycles. The van der Waals surface area contributed by atoms with Crippen LogP contribution in [0.1, 0.15) is 25.0 Å². The second-order valence-electron chi connectivity index (χ2n) is 6.36. The van der Waals surface area contributed by atoms with Crippen LogP contribution < -0.4 is 4.74 Å². The van der Waals surface area contributed by atoms with Crippen LogP contribution in [0.5, 0.6) is 5.75 Å². The fourth-order valence-electron chi connectivity index (χ4n) is 2.93. The molecule has 0 spiro atoms. The molecule has 4 nitrogen and oxygen atoms in total. The van der Waals surface area contributed by atoms with Crippen LogP contribution in [0.25, 0.3) is 5.57 Å². The van der Waals surface area contributed by atoms with Gasteiger partial charge in [0.15, 0.2) is 0 Å². The number of carbonyl (C=O) groups is 2. The average Bonchev–Trinajstić information content (AvgIpc) is 2.87. The van der Waals surface area contributed by atoms with Crippen molar-refractivity contribution >= 4 is 29.1 Å². The van der Waals surface area contributed by atoms with Crippen LogP contribution >= 0.6 is 11.8 Å². The number of para-hydroxylation sites is 1. The maximum absolute atomic E-state index is 14.1. The number of carbonyl (C=O) groups excluding carboxylic acids is 2. The second kappa shape index (κ2) is 7.96. The summed E-state index contributed by atoms with van der Waals surface area (Å²) in [4.78, 5) is 27.6. The van der Waals surface area contributed by atoms with Crippen LogP contribution in [0.3, 0.4) is 0 Å². The summed E-state index contributed by atoms with van der Waals surface area (Å²) < 4.78 is 19.4. The van der Waals surface area contributed by atoms with Crippen LogP contribution in [-0.2, 0) is 16.1 Å². The zero-order valence-electron chi connectivity index (χ0n) is 15.4. The zero-order chi connectivity index (χ0) is 19.6. The largest absolute Gasteiger partial charge is 0.496 e. The maximum atomic E-state index is 14.1. The Labute approximate surface area is 162 Å². The first-order valence-corrected chi connectivity index (χ1v) is 9.46. The molecule has 0 atom stereocenters. The highest BCUT2D eigenvalue weighted by Gasteiger charge is 2.40. The van der Waals surface area contributed by atoms with E-state index < -0.39 is 17.6 Å². The topological polar surface area (TPSA) is 46.6 Å². The number of hydrogen-bond donors (Lipinski definition) is 0. The fraction of sp³-hybridized carbons (Fsp3) is 0.238. The lowest BCUT2D eigenvalue weighted by atomic mass is 10.0. The van der Waals surface area contributed by atoms with E-state index in [0.29, 0.717) is 27.4 Å². The summed E-state index contributed by atoms with van der Waals surface area (Å²) in [5, 5.41) is 0.106. The van der Waals surface area contributed by atoms with Gasteiger partial charge in [0.25, 0.3) is 11.8 Å². The first-order valence-electron chi connectivity index (χ1n) is 8.58. The first-order chi connectivity index (χ1) is 12.9. The lowest BCUT2D eigenvalue weighted by Gasteiger charge is -2.16. The molecule has 2 aromatic rings. The predicted molar refractivity (Wildman–Crippen MR) is 105 cm³/mol. The van der Waals surface area contributed by atoms with Gasteiger partial charge in [0.2, 0.25) is 0 Å². The maximum Gasteiger partial charge on any atom is 0.268 e. The van der Waals surface area contributed by atoms with E-state index in [0.717, 1.165) is 4.90 Å². The highest BCUT2D eigenvalue weighted by Crippen LogP contribution is 2.41. The molecule has 0 aliphatic carbocycles. The van der Waals surface area contributed by atoms with Gasteiger partial charge in [-0.2, -0.15) is 0 Å². The van der Waals surface area contributed by atoms with Crippen molar-refractivity contribution in [1.82, 2.24) is 4.90 Å². The Morgan fingerprint density at radius 2 is 1.70 bits per heavy atom. The number of ether oxygens (including phenoxy) is 1. The van der Waals surface area contributed by atoms with Crippen LogP contribution in [0, 0.1) is 5.82 Å². The molecule has 0 fully saturated rings. The number of amides is 2. The minimum Gasteiger partial charge on any atom is -0.496 e. The number of imide groups is 1. The molecule has 140 valence electrons. The molecule has 0 saturated heterocycles. The van der Waals surface area contributed by atoms with Crippen LogP contribution in [0.2, 0.25) is 0 Å². The van der Waals surface area contributed by atoms with Gasteiger partial charge in [-0.05, 0) is 12.1 Å². The molecule has 1 aliphatic heterocycles. The molecule has 3 rings (SSSR count). The minimum atomic E-state index is -0.443. The Morgan fingerprint density at radius 1 is 1.04 bits per heavy atom. The smallest absolute Gasteiger partial charge is 0.268 e. The number of benzene rings is 2. The van der Waals surface area contributed by atoms with Gasteiger partial charge in [-0.15, -0.1) is 11.8 Å². The van der Waals surface area contributed by atoms with Gasteiger partial charge in [0, 0.05) is 16.4 Å². The molecule has 0 bridgehead atoms. The predicted octanol–water partition coefficient (Wildman–Crippen LogP) is 4.26. The van der Waals surface area contributed by atoms with E-state index in [-0.39, 0.29) is 11.8 Å². The Kier molecular flexibility index (Phi) is 5.65. The molecular formula is C21H20FNO3S. The van der Waals surface area contributed by atoms with Crippen molar-refractivity contribution in [2.45, 2.75) is 25.6 Å². The molecule has 27 heavy (non-hydrogen) atoms. The van der Waals surface area contributed by atoms with Crippen molar-refractivity contribution in [1.29, 1.82) is 0 Å². The zero-order valence-corrected chi connectivity index (χ0v) is 16.2. The average molecular weight is 385 g/mol. The second-order valence-corrected chi connectivity index (χ2v) is 7.95. The lowest BCUT2D eigenvalue weighted by Crippen LogP contribution is -2.31. The van der Waals surface area contributed by atoms with Crippen LogP contribution in [0.15, 0.2) is 53.4 Å². The number of halogens is 1. The van der Waals surface area contributed by atoms with Crippen molar-refractivity contribution in [3.8, 4) is 5.75 Å². The van der Waals surface area contributed by atoms with Crippen LogP contribution in [-0.4, -0.2) is 29.1 Å². The summed E-state index contributed by atoms with van der Waals surface area (Å²) in [6.07, 6.45) is 0. The van der Waals surface area contributed by atoms with Crippen molar-refractivity contribution in [3.05, 3.63) is 70.4 Å². The quantitative estimate of drug-likeness (QED) is 0.697. The number of rotatable bonds is 6. The van der Waals surface area contributed by atoms with E-state index in [4.69, 9.17) is 4.74 Å². The summed E-state index contributed by atoms with van der Waals surface area (Å²) in [6.45, 7) is 3.80. The van der Waals surface area contributed by atoms with E-state index in [1.165, 1.54) is 24.9 Å². The molecule has 0 aromatic heterocycles. The number of hydrogen-bond acceptors (Lipinski definition) is 4. The van der Waals surface area contributed by atoms with Gasteiger partial charge < -0.3 is 4.74 Å². The third-order valence-corrected chi connectivity index (χ3v) is 5.23. The van der Waals surface area contributed by atoms with Crippen molar-refractivity contribution < 1.29 is 18.7 Å². The van der Waals surface area contributed by atoms with E-state index >= 15 is 0 Å². The first kappa shape index (κ1) is 19.2. The molecule has 2 amide bonds. The summed E-state index contributed by atoms with van der Waals surface area (Å²) in [5.74, 6) is -0.760. The third-order valence-electron chi connectivity index (χ3n) is 4.14. The van der Waals surface area contributed by atoms with Gasteiger partial charge in [-0.3, -0.25) is 14.5 Å². The number of thioether (sulfide) groups is 1. The minimum absolute atomic E-state index is 0.106. The molecule has 2 aromatic carbocycles. The van der Waals surface area contributed by atoms with E-state index in [2.05, 4.69) is 0 Å². The van der Waals surface area contributed by atoms with Crippen molar-refractivity contribution in [2.75, 3.05) is 7.11 Å². The van der Waals surface area contributed by atoms with Gasteiger partial charge in [0.05, 0.1) is 24.1 Å². The summed E-state index contributed by atoms with van der Waals surface area (Å²) in [5.41, 5.74) is 1.18. The van der Waals surface area contributed by atoms with Gasteiger partial charge in [0.1, 0.15) is 11.6 Å². The highest BCUT2D eigenvalue weighted by atomic mass is 32.2. The van der Waals surface area contributed by atoms with Crippen molar-refractivity contribution in [2.24, 2.45) is 0 Å². The Bertz CT molecular complexity index is 923. The van der Waals surface area contributed by atoms with Gasteiger partial charge in [-0.25, -0.2) is 4.39 Å². The molecule has 0 unspecified atom stereocenters. The summed E-state index contributed by atoms with van der Waals surface area (Å²) in [6, 6.07) is 13.2.